The Balaban J connectivity index is 2.23. The summed E-state index contributed by atoms with van der Waals surface area (Å²) in [5.41, 5.74) is -0.358. The van der Waals surface area contributed by atoms with Crippen LogP contribution < -0.4 is 10.2 Å². The fourth-order valence-corrected chi connectivity index (χ4v) is 2.05. The summed E-state index contributed by atoms with van der Waals surface area (Å²) in [4.78, 5) is 1.90. The highest BCUT2D eigenvalue weighted by molar-refractivity contribution is 5.59. The van der Waals surface area contributed by atoms with Crippen LogP contribution in [0.2, 0.25) is 0 Å². The van der Waals surface area contributed by atoms with Crippen molar-refractivity contribution in [3.63, 3.8) is 0 Å². The molecule has 1 aromatic rings. The lowest BCUT2D eigenvalue weighted by Crippen LogP contribution is -2.27. The van der Waals surface area contributed by atoms with Gasteiger partial charge in [-0.05, 0) is 31.2 Å². The van der Waals surface area contributed by atoms with E-state index in [4.69, 9.17) is 0 Å². The Morgan fingerprint density at radius 3 is 2.61 bits per heavy atom. The summed E-state index contributed by atoms with van der Waals surface area (Å²) in [6, 6.07) is 3.13. The lowest BCUT2D eigenvalue weighted by Gasteiger charge is -2.23. The summed E-state index contributed by atoms with van der Waals surface area (Å²) < 4.78 is 37.4. The van der Waals surface area contributed by atoms with Crippen molar-refractivity contribution in [3.05, 3.63) is 23.8 Å². The second kappa shape index (κ2) is 5.06. The van der Waals surface area contributed by atoms with Crippen LogP contribution in [0.4, 0.5) is 18.9 Å². The van der Waals surface area contributed by atoms with Crippen molar-refractivity contribution in [2.75, 3.05) is 31.1 Å². The summed E-state index contributed by atoms with van der Waals surface area (Å²) in [7, 11) is 0. The highest BCUT2D eigenvalue weighted by atomic mass is 19.4. The smallest absolute Gasteiger partial charge is 0.416 e. The van der Waals surface area contributed by atoms with E-state index in [1.54, 1.807) is 0 Å². The molecule has 0 bridgehead atoms. The zero-order chi connectivity index (χ0) is 13.2. The molecular formula is C12H15F3N2O. The fraction of sp³-hybridized carbons (Fsp3) is 0.500. The number of phenols is 1. The average Bonchev–Trinajstić information content (AvgIpc) is 2.56. The van der Waals surface area contributed by atoms with Crippen molar-refractivity contribution in [2.24, 2.45) is 0 Å². The minimum atomic E-state index is -4.42. The molecular weight excluding hydrogens is 245 g/mol. The first-order valence-corrected chi connectivity index (χ1v) is 5.84. The highest BCUT2D eigenvalue weighted by Crippen LogP contribution is 2.36. The number of rotatable bonds is 1. The number of anilines is 1. The van der Waals surface area contributed by atoms with E-state index in [0.717, 1.165) is 38.2 Å². The van der Waals surface area contributed by atoms with Gasteiger partial charge in [0.1, 0.15) is 5.75 Å². The minimum Gasteiger partial charge on any atom is -0.506 e. The van der Waals surface area contributed by atoms with Crippen molar-refractivity contribution in [3.8, 4) is 5.75 Å². The number of hydrogen-bond donors (Lipinski definition) is 2. The predicted molar refractivity (Wildman–Crippen MR) is 62.8 cm³/mol. The van der Waals surface area contributed by atoms with Crippen molar-refractivity contribution < 1.29 is 18.3 Å². The first-order chi connectivity index (χ1) is 8.48. The largest absolute Gasteiger partial charge is 0.506 e. The van der Waals surface area contributed by atoms with E-state index in [0.29, 0.717) is 12.2 Å². The van der Waals surface area contributed by atoms with Crippen LogP contribution in [-0.4, -0.2) is 31.3 Å². The van der Waals surface area contributed by atoms with Crippen molar-refractivity contribution in [1.29, 1.82) is 0 Å². The third-order valence-corrected chi connectivity index (χ3v) is 2.98. The first kappa shape index (κ1) is 13.0. The van der Waals surface area contributed by atoms with Crippen LogP contribution >= 0.6 is 0 Å². The summed E-state index contributed by atoms with van der Waals surface area (Å²) in [5.74, 6) is -0.313. The molecule has 0 amide bonds. The Kier molecular flexibility index (Phi) is 3.65. The third-order valence-electron chi connectivity index (χ3n) is 2.98. The van der Waals surface area contributed by atoms with Crippen LogP contribution in [0.15, 0.2) is 18.2 Å². The van der Waals surface area contributed by atoms with Crippen LogP contribution in [0.5, 0.6) is 5.75 Å². The molecule has 2 rings (SSSR count). The Morgan fingerprint density at radius 2 is 1.94 bits per heavy atom. The number of phenolic OH excluding ortho intramolecular Hbond substituents is 1. The molecule has 0 aromatic heterocycles. The Labute approximate surface area is 103 Å². The van der Waals surface area contributed by atoms with E-state index >= 15 is 0 Å². The molecule has 1 saturated heterocycles. The number of halogens is 3. The van der Waals surface area contributed by atoms with Crippen molar-refractivity contribution in [2.45, 2.75) is 12.6 Å². The van der Waals surface area contributed by atoms with Gasteiger partial charge >= 0.3 is 6.18 Å². The van der Waals surface area contributed by atoms with Gasteiger partial charge in [0.2, 0.25) is 0 Å². The van der Waals surface area contributed by atoms with E-state index in [2.05, 4.69) is 5.32 Å². The van der Waals surface area contributed by atoms with E-state index in [1.807, 2.05) is 4.90 Å². The predicted octanol–water partition coefficient (Wildman–Crippen LogP) is 2.21. The highest BCUT2D eigenvalue weighted by Gasteiger charge is 2.31. The molecule has 0 radical (unpaired) electrons. The Morgan fingerprint density at radius 1 is 1.17 bits per heavy atom. The standard InChI is InChI=1S/C12H15F3N2O/c13-12(14,15)9-2-3-10(11(18)8-9)17-6-1-4-16-5-7-17/h2-3,8,16,18H,1,4-7H2. The lowest BCUT2D eigenvalue weighted by molar-refractivity contribution is -0.137. The van der Waals surface area contributed by atoms with Gasteiger partial charge in [-0.25, -0.2) is 0 Å². The van der Waals surface area contributed by atoms with E-state index in [9.17, 15) is 18.3 Å². The van der Waals surface area contributed by atoms with Gasteiger partial charge < -0.3 is 15.3 Å². The van der Waals surface area contributed by atoms with Crippen LogP contribution in [0.25, 0.3) is 0 Å². The molecule has 0 saturated carbocycles. The van der Waals surface area contributed by atoms with Gasteiger partial charge in [-0.15, -0.1) is 0 Å². The van der Waals surface area contributed by atoms with Crippen molar-refractivity contribution in [1.82, 2.24) is 5.32 Å². The molecule has 0 aliphatic carbocycles. The topological polar surface area (TPSA) is 35.5 Å². The Bertz CT molecular complexity index is 412. The zero-order valence-corrected chi connectivity index (χ0v) is 9.80. The van der Waals surface area contributed by atoms with Gasteiger partial charge in [0.15, 0.2) is 0 Å². The molecule has 1 aliphatic heterocycles. The summed E-state index contributed by atoms with van der Waals surface area (Å²) >= 11 is 0. The van der Waals surface area contributed by atoms with Gasteiger partial charge in [0.25, 0.3) is 0 Å². The number of alkyl halides is 3. The van der Waals surface area contributed by atoms with E-state index in [1.165, 1.54) is 6.07 Å². The number of nitrogens with zero attached hydrogens (tertiary/aromatic N) is 1. The number of aromatic hydroxyl groups is 1. The number of hydrogen-bond acceptors (Lipinski definition) is 3. The summed E-state index contributed by atoms with van der Waals surface area (Å²) in [6.07, 6.45) is -3.52. The van der Waals surface area contributed by atoms with Gasteiger partial charge in [0, 0.05) is 19.6 Å². The fourth-order valence-electron chi connectivity index (χ4n) is 2.05. The Hall–Kier alpha value is -1.43. The average molecular weight is 260 g/mol. The third kappa shape index (κ3) is 2.87. The molecule has 0 unspecified atom stereocenters. The first-order valence-electron chi connectivity index (χ1n) is 5.84. The molecule has 100 valence electrons. The molecule has 1 aromatic carbocycles. The lowest BCUT2D eigenvalue weighted by atomic mass is 10.1. The monoisotopic (exact) mass is 260 g/mol. The molecule has 3 nitrogen and oxygen atoms in total. The second-order valence-corrected chi connectivity index (χ2v) is 4.29. The molecule has 1 fully saturated rings. The van der Waals surface area contributed by atoms with E-state index in [-0.39, 0.29) is 5.75 Å². The summed E-state index contributed by atoms with van der Waals surface area (Å²) in [6.45, 7) is 3.06. The van der Waals surface area contributed by atoms with Crippen LogP contribution in [0.3, 0.4) is 0 Å². The number of nitrogens with one attached hydrogen (secondary N) is 1. The van der Waals surface area contributed by atoms with Crippen LogP contribution in [0.1, 0.15) is 12.0 Å². The van der Waals surface area contributed by atoms with Gasteiger partial charge in [-0.3, -0.25) is 0 Å². The second-order valence-electron chi connectivity index (χ2n) is 4.29. The van der Waals surface area contributed by atoms with Crippen LogP contribution in [-0.2, 0) is 6.18 Å². The molecule has 0 atom stereocenters. The van der Waals surface area contributed by atoms with Gasteiger partial charge in [-0.2, -0.15) is 13.2 Å². The number of benzene rings is 1. The molecule has 1 heterocycles. The molecule has 18 heavy (non-hydrogen) atoms. The van der Waals surface area contributed by atoms with Gasteiger partial charge in [0.05, 0.1) is 11.3 Å². The molecule has 0 spiro atoms. The molecule has 2 N–H and O–H groups in total. The summed E-state index contributed by atoms with van der Waals surface area (Å²) in [5, 5.41) is 12.9. The van der Waals surface area contributed by atoms with Gasteiger partial charge in [-0.1, -0.05) is 0 Å². The maximum absolute atomic E-state index is 12.5. The van der Waals surface area contributed by atoms with Crippen LogP contribution in [0, 0.1) is 0 Å². The van der Waals surface area contributed by atoms with Crippen molar-refractivity contribution >= 4 is 5.69 Å². The quantitative estimate of drug-likeness (QED) is 0.812. The SMILES string of the molecule is Oc1cc(C(F)(F)F)ccc1N1CCCNCC1. The molecule has 1 aliphatic rings. The maximum atomic E-state index is 12.5. The maximum Gasteiger partial charge on any atom is 0.416 e. The zero-order valence-electron chi connectivity index (χ0n) is 9.80. The normalized spacial score (nSPS) is 17.6. The minimum absolute atomic E-state index is 0.313. The molecule has 6 heteroatoms. The van der Waals surface area contributed by atoms with E-state index < -0.39 is 11.7 Å².